The molecule has 0 saturated carbocycles. The maximum atomic E-state index is 5.03. The number of halogens is 1. The molecule has 2 aromatic rings. The molecule has 1 N–H and O–H groups in total. The topological polar surface area (TPSA) is 60.1 Å². The van der Waals surface area contributed by atoms with E-state index >= 15 is 0 Å². The minimum Gasteiger partial charge on any atom is -0.364 e. The number of aliphatic imine (C=N–C) groups is 1. The Morgan fingerprint density at radius 2 is 1.66 bits per heavy atom. The van der Waals surface area contributed by atoms with Gasteiger partial charge in [0.15, 0.2) is 5.96 Å². The Morgan fingerprint density at radius 3 is 2.34 bits per heavy atom. The standard InChI is InChI=1S/C24H36N6O.HI/c1-2-25-24(30-15-13-29(14-16-30)20-23-10-17-31-27-23)26-18-21-8-4-5-9-22(21)19-28-11-6-3-7-12-28;/h4-5,8-10,17H,2-3,6-7,11-16,18-20H2,1H3,(H,25,26);1H. The largest absolute Gasteiger partial charge is 0.364 e. The van der Waals surface area contributed by atoms with Gasteiger partial charge in [-0.15, -0.1) is 24.0 Å². The third kappa shape index (κ3) is 7.18. The summed E-state index contributed by atoms with van der Waals surface area (Å²) in [7, 11) is 0. The molecule has 32 heavy (non-hydrogen) atoms. The highest BCUT2D eigenvalue weighted by Gasteiger charge is 2.20. The van der Waals surface area contributed by atoms with Crippen molar-refractivity contribution >= 4 is 29.9 Å². The summed E-state index contributed by atoms with van der Waals surface area (Å²) >= 11 is 0. The SMILES string of the molecule is CCNC(=NCc1ccccc1CN1CCCCC1)N1CCN(Cc2ccon2)CC1.I. The van der Waals surface area contributed by atoms with Crippen LogP contribution < -0.4 is 5.32 Å². The molecule has 7 nitrogen and oxygen atoms in total. The lowest BCUT2D eigenvalue weighted by Gasteiger charge is -2.36. The second-order valence-corrected chi connectivity index (χ2v) is 8.53. The van der Waals surface area contributed by atoms with Crippen LogP contribution in [0.5, 0.6) is 0 Å². The number of aromatic nitrogens is 1. The number of nitrogens with one attached hydrogen (secondary N) is 1. The summed E-state index contributed by atoms with van der Waals surface area (Å²) in [6, 6.07) is 10.8. The average molecular weight is 553 g/mol. The number of guanidine groups is 1. The van der Waals surface area contributed by atoms with Gasteiger partial charge in [-0.3, -0.25) is 9.80 Å². The highest BCUT2D eigenvalue weighted by molar-refractivity contribution is 14.0. The zero-order valence-electron chi connectivity index (χ0n) is 19.2. The molecule has 176 valence electrons. The van der Waals surface area contributed by atoms with Crippen LogP contribution in [-0.4, -0.2) is 71.6 Å². The first-order valence-electron chi connectivity index (χ1n) is 11.8. The first-order valence-corrected chi connectivity index (χ1v) is 11.8. The molecule has 0 spiro atoms. The number of hydrogen-bond donors (Lipinski definition) is 1. The number of piperazine rings is 1. The maximum Gasteiger partial charge on any atom is 0.194 e. The summed E-state index contributed by atoms with van der Waals surface area (Å²) in [5.41, 5.74) is 3.76. The van der Waals surface area contributed by atoms with Crippen LogP contribution in [0.15, 0.2) is 46.1 Å². The van der Waals surface area contributed by atoms with Crippen molar-refractivity contribution in [2.24, 2.45) is 4.99 Å². The van der Waals surface area contributed by atoms with E-state index in [0.717, 1.165) is 64.0 Å². The Kier molecular flexibility index (Phi) is 10.3. The van der Waals surface area contributed by atoms with E-state index in [1.165, 1.54) is 43.5 Å². The molecule has 1 aromatic carbocycles. The number of nitrogens with zero attached hydrogens (tertiary/aromatic N) is 5. The van der Waals surface area contributed by atoms with Gasteiger partial charge >= 0.3 is 0 Å². The van der Waals surface area contributed by atoms with E-state index in [1.807, 2.05) is 6.07 Å². The van der Waals surface area contributed by atoms with Crippen molar-refractivity contribution in [3.8, 4) is 0 Å². The molecule has 2 saturated heterocycles. The van der Waals surface area contributed by atoms with Gasteiger partial charge in [0.25, 0.3) is 0 Å². The molecule has 1 aromatic heterocycles. The predicted molar refractivity (Wildman–Crippen MR) is 139 cm³/mol. The van der Waals surface area contributed by atoms with E-state index in [0.29, 0.717) is 0 Å². The molecular formula is C24H37IN6O. The molecule has 0 radical (unpaired) electrons. The minimum absolute atomic E-state index is 0. The predicted octanol–water partition coefficient (Wildman–Crippen LogP) is 3.56. The molecule has 2 fully saturated rings. The smallest absolute Gasteiger partial charge is 0.194 e. The number of benzene rings is 1. The van der Waals surface area contributed by atoms with Gasteiger partial charge in [0.05, 0.1) is 12.2 Å². The Hall–Kier alpha value is -1.65. The number of likely N-dealkylation sites (tertiary alicyclic amines) is 1. The van der Waals surface area contributed by atoms with E-state index in [9.17, 15) is 0 Å². The lowest BCUT2D eigenvalue weighted by atomic mass is 10.1. The van der Waals surface area contributed by atoms with Crippen molar-refractivity contribution in [2.45, 2.75) is 45.8 Å². The lowest BCUT2D eigenvalue weighted by molar-refractivity contribution is 0.169. The van der Waals surface area contributed by atoms with Gasteiger partial charge < -0.3 is 14.7 Å². The van der Waals surface area contributed by atoms with Crippen LogP contribution in [0.25, 0.3) is 0 Å². The van der Waals surface area contributed by atoms with E-state index in [1.54, 1.807) is 6.26 Å². The lowest BCUT2D eigenvalue weighted by Crippen LogP contribution is -2.52. The Morgan fingerprint density at radius 1 is 0.938 bits per heavy atom. The highest BCUT2D eigenvalue weighted by atomic mass is 127. The van der Waals surface area contributed by atoms with Gasteiger partial charge in [-0.05, 0) is 44.0 Å². The molecule has 0 amide bonds. The molecule has 0 atom stereocenters. The number of piperidine rings is 1. The molecule has 0 bridgehead atoms. The Balaban J connectivity index is 0.00000289. The molecule has 3 heterocycles. The number of rotatable bonds is 7. The molecule has 8 heteroatoms. The van der Waals surface area contributed by atoms with Gasteiger partial charge in [0.2, 0.25) is 0 Å². The van der Waals surface area contributed by atoms with E-state index in [-0.39, 0.29) is 24.0 Å². The fraction of sp³-hybridized carbons (Fsp3) is 0.583. The molecule has 0 unspecified atom stereocenters. The van der Waals surface area contributed by atoms with E-state index in [4.69, 9.17) is 9.52 Å². The normalized spacial score (nSPS) is 18.4. The van der Waals surface area contributed by atoms with Gasteiger partial charge in [0.1, 0.15) is 6.26 Å². The fourth-order valence-corrected chi connectivity index (χ4v) is 4.48. The van der Waals surface area contributed by atoms with Gasteiger partial charge in [-0.25, -0.2) is 4.99 Å². The first-order chi connectivity index (χ1) is 15.3. The summed E-state index contributed by atoms with van der Waals surface area (Å²) in [4.78, 5) is 12.4. The van der Waals surface area contributed by atoms with Gasteiger partial charge in [-0.2, -0.15) is 0 Å². The van der Waals surface area contributed by atoms with Crippen LogP contribution in [0.1, 0.15) is 43.0 Å². The minimum atomic E-state index is 0. The summed E-state index contributed by atoms with van der Waals surface area (Å²) in [5, 5.41) is 7.54. The van der Waals surface area contributed by atoms with Gasteiger partial charge in [0, 0.05) is 51.9 Å². The summed E-state index contributed by atoms with van der Waals surface area (Å²) in [6.07, 6.45) is 5.67. The van der Waals surface area contributed by atoms with E-state index in [2.05, 4.69) is 56.4 Å². The Labute approximate surface area is 209 Å². The first kappa shape index (κ1) is 25.0. The fourth-order valence-electron chi connectivity index (χ4n) is 4.48. The molecule has 4 rings (SSSR count). The summed E-state index contributed by atoms with van der Waals surface area (Å²) in [5.74, 6) is 1.02. The zero-order valence-corrected chi connectivity index (χ0v) is 21.5. The van der Waals surface area contributed by atoms with Crippen LogP contribution >= 0.6 is 24.0 Å². The van der Waals surface area contributed by atoms with Crippen LogP contribution in [0.4, 0.5) is 0 Å². The van der Waals surface area contributed by atoms with Crippen molar-refractivity contribution in [3.05, 3.63) is 53.4 Å². The molecule has 2 aliphatic heterocycles. The third-order valence-corrected chi connectivity index (χ3v) is 6.24. The van der Waals surface area contributed by atoms with Crippen molar-refractivity contribution in [1.29, 1.82) is 0 Å². The molecule has 2 aliphatic rings. The van der Waals surface area contributed by atoms with E-state index < -0.39 is 0 Å². The zero-order chi connectivity index (χ0) is 21.3. The third-order valence-electron chi connectivity index (χ3n) is 6.24. The van der Waals surface area contributed by atoms with Crippen LogP contribution in [0, 0.1) is 0 Å². The summed E-state index contributed by atoms with van der Waals surface area (Å²) in [6.45, 7) is 12.0. The number of hydrogen-bond acceptors (Lipinski definition) is 5. The van der Waals surface area contributed by atoms with Crippen molar-refractivity contribution in [3.63, 3.8) is 0 Å². The van der Waals surface area contributed by atoms with Crippen LogP contribution in [-0.2, 0) is 19.6 Å². The molecule has 0 aliphatic carbocycles. The average Bonchev–Trinajstić information content (AvgIpc) is 3.32. The summed E-state index contributed by atoms with van der Waals surface area (Å²) < 4.78 is 4.96. The monoisotopic (exact) mass is 552 g/mol. The Bertz CT molecular complexity index is 814. The molecular weight excluding hydrogens is 515 g/mol. The van der Waals surface area contributed by atoms with Crippen molar-refractivity contribution < 1.29 is 4.52 Å². The van der Waals surface area contributed by atoms with Crippen LogP contribution in [0.3, 0.4) is 0 Å². The second kappa shape index (κ2) is 13.2. The second-order valence-electron chi connectivity index (χ2n) is 8.53. The van der Waals surface area contributed by atoms with Crippen molar-refractivity contribution in [2.75, 3.05) is 45.8 Å². The van der Waals surface area contributed by atoms with Crippen LogP contribution in [0.2, 0.25) is 0 Å². The highest BCUT2D eigenvalue weighted by Crippen LogP contribution is 2.17. The van der Waals surface area contributed by atoms with Gasteiger partial charge in [-0.1, -0.05) is 35.8 Å². The maximum absolute atomic E-state index is 5.03. The van der Waals surface area contributed by atoms with Crippen molar-refractivity contribution in [1.82, 2.24) is 25.2 Å². The quantitative estimate of drug-likeness (QED) is 0.322.